The largest absolute Gasteiger partial charge is 0.349 e. The van der Waals surface area contributed by atoms with Gasteiger partial charge in [-0.25, -0.2) is 4.79 Å². The van der Waals surface area contributed by atoms with Gasteiger partial charge in [-0.2, -0.15) is 0 Å². The van der Waals surface area contributed by atoms with E-state index in [4.69, 9.17) is 0 Å². The summed E-state index contributed by atoms with van der Waals surface area (Å²) < 4.78 is 0. The molecule has 6 heteroatoms. The van der Waals surface area contributed by atoms with Crippen LogP contribution in [0.25, 0.3) is 0 Å². The van der Waals surface area contributed by atoms with Crippen LogP contribution in [0.5, 0.6) is 0 Å². The van der Waals surface area contributed by atoms with E-state index in [-0.39, 0.29) is 23.9 Å². The van der Waals surface area contributed by atoms with E-state index in [9.17, 15) is 14.4 Å². The second kappa shape index (κ2) is 7.91. The van der Waals surface area contributed by atoms with E-state index in [2.05, 4.69) is 27.4 Å². The van der Waals surface area contributed by atoms with Gasteiger partial charge in [0.25, 0.3) is 5.56 Å². The van der Waals surface area contributed by atoms with Crippen LogP contribution in [0, 0.1) is 12.8 Å². The van der Waals surface area contributed by atoms with Crippen molar-refractivity contribution in [3.63, 3.8) is 0 Å². The molecule has 1 aliphatic rings. The zero-order valence-electron chi connectivity index (χ0n) is 16.1. The molecule has 0 aliphatic heterocycles. The summed E-state index contributed by atoms with van der Waals surface area (Å²) in [6.45, 7) is 1.63. The standard InChI is InChI=1S/C23H23N3O3/c1-14-17(22(28)26-23(29)24-14)13-20(27)25-21(16-10-6-3-7-11-16)19-12-18(19)15-8-4-2-5-9-15/h2-11,18-19,21H,12-13H2,1H3,(H,25,27)(H2,24,26,28,29). The molecule has 0 saturated heterocycles. The zero-order valence-corrected chi connectivity index (χ0v) is 16.1. The SMILES string of the molecule is Cc1[nH]c(=O)[nH]c(=O)c1CC(=O)NC(c1ccccc1)C1CC1c1ccccc1. The Kier molecular flexibility index (Phi) is 5.16. The van der Waals surface area contributed by atoms with Crippen molar-refractivity contribution in [2.45, 2.75) is 31.7 Å². The minimum absolute atomic E-state index is 0.0794. The highest BCUT2D eigenvalue weighted by molar-refractivity contribution is 5.79. The van der Waals surface area contributed by atoms with Crippen LogP contribution in [0.1, 0.15) is 40.8 Å². The highest BCUT2D eigenvalue weighted by Crippen LogP contribution is 2.54. The van der Waals surface area contributed by atoms with Crippen LogP contribution in [-0.4, -0.2) is 15.9 Å². The van der Waals surface area contributed by atoms with Crippen LogP contribution in [0.3, 0.4) is 0 Å². The van der Waals surface area contributed by atoms with Gasteiger partial charge in [0.1, 0.15) is 0 Å². The van der Waals surface area contributed by atoms with Gasteiger partial charge in [-0.1, -0.05) is 60.7 Å². The average molecular weight is 389 g/mol. The summed E-state index contributed by atoms with van der Waals surface area (Å²) in [6.07, 6.45) is 0.923. The van der Waals surface area contributed by atoms with Gasteiger partial charge in [-0.3, -0.25) is 14.6 Å². The Balaban J connectivity index is 1.55. The molecule has 1 aromatic heterocycles. The number of H-pyrrole nitrogens is 2. The second-order valence-electron chi connectivity index (χ2n) is 7.56. The molecule has 1 fully saturated rings. The Morgan fingerprint density at radius 2 is 1.69 bits per heavy atom. The number of hydrogen-bond donors (Lipinski definition) is 3. The first-order valence-electron chi connectivity index (χ1n) is 9.74. The summed E-state index contributed by atoms with van der Waals surface area (Å²) in [7, 11) is 0. The molecule has 29 heavy (non-hydrogen) atoms. The van der Waals surface area contributed by atoms with Crippen LogP contribution < -0.4 is 16.6 Å². The number of carbonyl (C=O) groups excluding carboxylic acids is 1. The summed E-state index contributed by atoms with van der Waals surface area (Å²) in [4.78, 5) is 41.0. The minimum Gasteiger partial charge on any atom is -0.349 e. The predicted octanol–water partition coefficient (Wildman–Crippen LogP) is 2.58. The average Bonchev–Trinajstić information content (AvgIpc) is 3.51. The fourth-order valence-corrected chi connectivity index (χ4v) is 3.99. The van der Waals surface area contributed by atoms with Crippen molar-refractivity contribution in [3.05, 3.63) is 104 Å². The number of carbonyl (C=O) groups is 1. The van der Waals surface area contributed by atoms with Gasteiger partial charge in [0, 0.05) is 11.3 Å². The Bertz CT molecular complexity index is 1120. The predicted molar refractivity (Wildman–Crippen MR) is 111 cm³/mol. The molecule has 4 rings (SSSR count). The van der Waals surface area contributed by atoms with E-state index in [1.165, 1.54) is 5.56 Å². The summed E-state index contributed by atoms with van der Waals surface area (Å²) in [5.74, 6) is 0.469. The van der Waals surface area contributed by atoms with Gasteiger partial charge >= 0.3 is 5.69 Å². The van der Waals surface area contributed by atoms with E-state index in [0.29, 0.717) is 17.5 Å². The molecule has 1 saturated carbocycles. The van der Waals surface area contributed by atoms with Crippen molar-refractivity contribution < 1.29 is 4.79 Å². The van der Waals surface area contributed by atoms with E-state index >= 15 is 0 Å². The van der Waals surface area contributed by atoms with Gasteiger partial charge in [-0.05, 0) is 36.3 Å². The normalized spacial score (nSPS) is 18.8. The van der Waals surface area contributed by atoms with E-state index in [1.807, 2.05) is 48.5 Å². The lowest BCUT2D eigenvalue weighted by atomic mass is 9.98. The van der Waals surface area contributed by atoms with Crippen LogP contribution in [0.15, 0.2) is 70.3 Å². The lowest BCUT2D eigenvalue weighted by Crippen LogP contribution is -2.35. The van der Waals surface area contributed by atoms with Crippen LogP contribution in [-0.2, 0) is 11.2 Å². The van der Waals surface area contributed by atoms with Crippen molar-refractivity contribution >= 4 is 5.91 Å². The molecular formula is C23H23N3O3. The molecule has 0 bridgehead atoms. The minimum atomic E-state index is -0.567. The molecule has 3 atom stereocenters. The molecule has 3 aromatic rings. The van der Waals surface area contributed by atoms with Crippen LogP contribution in [0.2, 0.25) is 0 Å². The Hall–Kier alpha value is -3.41. The Labute approximate surface area is 168 Å². The second-order valence-corrected chi connectivity index (χ2v) is 7.56. The van der Waals surface area contributed by atoms with Crippen molar-refractivity contribution in [2.24, 2.45) is 5.92 Å². The first kappa shape index (κ1) is 18.9. The van der Waals surface area contributed by atoms with Crippen molar-refractivity contribution in [1.82, 2.24) is 15.3 Å². The molecule has 2 aromatic carbocycles. The lowest BCUT2D eigenvalue weighted by molar-refractivity contribution is -0.121. The smallest absolute Gasteiger partial charge is 0.325 e. The first-order valence-corrected chi connectivity index (χ1v) is 9.74. The van der Waals surface area contributed by atoms with E-state index in [0.717, 1.165) is 12.0 Å². The zero-order chi connectivity index (χ0) is 20.4. The number of aryl methyl sites for hydroxylation is 1. The van der Waals surface area contributed by atoms with E-state index < -0.39 is 11.2 Å². The third-order valence-corrected chi connectivity index (χ3v) is 5.56. The number of aromatic nitrogens is 2. The number of nitrogens with one attached hydrogen (secondary N) is 3. The molecule has 6 nitrogen and oxygen atoms in total. The maximum atomic E-state index is 12.8. The number of hydrogen-bond acceptors (Lipinski definition) is 3. The topological polar surface area (TPSA) is 94.8 Å². The number of benzene rings is 2. The quantitative estimate of drug-likeness (QED) is 0.605. The van der Waals surface area contributed by atoms with Gasteiger partial charge in [0.05, 0.1) is 12.5 Å². The van der Waals surface area contributed by atoms with Crippen LogP contribution in [0.4, 0.5) is 0 Å². The Morgan fingerprint density at radius 1 is 1.03 bits per heavy atom. The van der Waals surface area contributed by atoms with Gasteiger partial charge in [-0.15, -0.1) is 0 Å². The molecule has 3 N–H and O–H groups in total. The number of aromatic amines is 2. The van der Waals surface area contributed by atoms with Gasteiger partial charge in [0.15, 0.2) is 0 Å². The summed E-state index contributed by atoms with van der Waals surface area (Å²) >= 11 is 0. The van der Waals surface area contributed by atoms with Gasteiger partial charge < -0.3 is 10.3 Å². The van der Waals surface area contributed by atoms with Crippen molar-refractivity contribution in [3.8, 4) is 0 Å². The maximum Gasteiger partial charge on any atom is 0.325 e. The highest BCUT2D eigenvalue weighted by atomic mass is 16.2. The Morgan fingerprint density at radius 3 is 2.34 bits per heavy atom. The molecule has 1 amide bonds. The molecule has 1 aliphatic carbocycles. The molecular weight excluding hydrogens is 366 g/mol. The van der Waals surface area contributed by atoms with E-state index in [1.54, 1.807) is 6.92 Å². The van der Waals surface area contributed by atoms with Gasteiger partial charge in [0.2, 0.25) is 5.91 Å². The monoisotopic (exact) mass is 389 g/mol. The fourth-order valence-electron chi connectivity index (χ4n) is 3.99. The maximum absolute atomic E-state index is 12.8. The molecule has 1 heterocycles. The third-order valence-electron chi connectivity index (χ3n) is 5.56. The first-order chi connectivity index (χ1) is 14.0. The molecule has 0 spiro atoms. The fraction of sp³-hybridized carbons (Fsp3) is 0.261. The summed E-state index contributed by atoms with van der Waals surface area (Å²) in [5, 5.41) is 3.13. The molecule has 148 valence electrons. The third kappa shape index (κ3) is 4.21. The summed E-state index contributed by atoms with van der Waals surface area (Å²) in [6, 6.07) is 20.1. The number of amides is 1. The highest BCUT2D eigenvalue weighted by Gasteiger charge is 2.44. The van der Waals surface area contributed by atoms with Crippen molar-refractivity contribution in [1.29, 1.82) is 0 Å². The summed E-state index contributed by atoms with van der Waals surface area (Å²) in [5.41, 5.74) is 1.94. The van der Waals surface area contributed by atoms with Crippen molar-refractivity contribution in [2.75, 3.05) is 0 Å². The van der Waals surface area contributed by atoms with Crippen LogP contribution >= 0.6 is 0 Å². The lowest BCUT2D eigenvalue weighted by Gasteiger charge is -2.20. The molecule has 0 radical (unpaired) electrons. The number of rotatable bonds is 6. The molecule has 3 unspecified atom stereocenters.